The molecule has 118 valence electrons. The molecule has 1 atom stereocenters. The van der Waals surface area contributed by atoms with Crippen LogP contribution in [0.3, 0.4) is 0 Å². The largest absolute Gasteiger partial charge is 0.425 e. The second-order valence-electron chi connectivity index (χ2n) is 5.96. The van der Waals surface area contributed by atoms with E-state index in [0.717, 1.165) is 44.7 Å². The van der Waals surface area contributed by atoms with Crippen LogP contribution in [-0.2, 0) is 10.0 Å². The average molecular weight is 314 g/mol. The molecule has 2 aliphatic heterocycles. The normalized spacial score (nSPS) is 26.0. The van der Waals surface area contributed by atoms with Crippen LogP contribution in [0.25, 0.3) is 0 Å². The van der Waals surface area contributed by atoms with E-state index in [1.54, 1.807) is 0 Å². The van der Waals surface area contributed by atoms with Crippen molar-refractivity contribution in [1.82, 2.24) is 19.8 Å². The van der Waals surface area contributed by atoms with E-state index < -0.39 is 10.0 Å². The van der Waals surface area contributed by atoms with Crippen molar-refractivity contribution < 1.29 is 12.8 Å². The molecular formula is C13H22N4O3S. The zero-order valence-electron chi connectivity index (χ0n) is 12.3. The van der Waals surface area contributed by atoms with Gasteiger partial charge in [0.1, 0.15) is 0 Å². The topological polar surface area (TPSA) is 88.3 Å². The number of hydrogen-bond donors (Lipinski definition) is 1. The summed E-state index contributed by atoms with van der Waals surface area (Å²) < 4.78 is 30.4. The molecule has 2 aliphatic rings. The predicted octanol–water partition coefficient (Wildman–Crippen LogP) is 0.676. The Morgan fingerprint density at radius 3 is 2.38 bits per heavy atom. The fraction of sp³-hybridized carbons (Fsp3) is 0.846. The lowest BCUT2D eigenvalue weighted by atomic mass is 9.98. The third-order valence-corrected chi connectivity index (χ3v) is 5.68. The lowest BCUT2D eigenvalue weighted by molar-refractivity contribution is 0.280. The minimum absolute atomic E-state index is 0.181. The maximum atomic E-state index is 11.5. The van der Waals surface area contributed by atoms with Crippen molar-refractivity contribution >= 4 is 10.0 Å². The lowest BCUT2D eigenvalue weighted by Gasteiger charge is -2.28. The summed E-state index contributed by atoms with van der Waals surface area (Å²) in [6.45, 7) is 3.02. The SMILES string of the molecule is CS(=O)(=O)N1CCC(c2nnc([C@@H]3CCCNC3)o2)CC1. The highest BCUT2D eigenvalue weighted by molar-refractivity contribution is 7.88. The monoisotopic (exact) mass is 314 g/mol. The average Bonchev–Trinajstić information content (AvgIpc) is 2.97. The highest BCUT2D eigenvalue weighted by atomic mass is 32.2. The van der Waals surface area contributed by atoms with Crippen LogP contribution in [0.2, 0.25) is 0 Å². The van der Waals surface area contributed by atoms with Gasteiger partial charge in [-0.3, -0.25) is 0 Å². The second-order valence-corrected chi connectivity index (χ2v) is 7.94. The summed E-state index contributed by atoms with van der Waals surface area (Å²) in [4.78, 5) is 0. The van der Waals surface area contributed by atoms with Crippen LogP contribution in [0, 0.1) is 0 Å². The van der Waals surface area contributed by atoms with E-state index in [0.29, 0.717) is 24.9 Å². The summed E-state index contributed by atoms with van der Waals surface area (Å²) in [5.41, 5.74) is 0. The van der Waals surface area contributed by atoms with Crippen LogP contribution in [0.5, 0.6) is 0 Å². The van der Waals surface area contributed by atoms with Crippen LogP contribution in [0.4, 0.5) is 0 Å². The fourth-order valence-corrected chi connectivity index (χ4v) is 3.95. The number of nitrogens with zero attached hydrogens (tertiary/aromatic N) is 3. The van der Waals surface area contributed by atoms with E-state index in [9.17, 15) is 8.42 Å². The van der Waals surface area contributed by atoms with Gasteiger partial charge in [0, 0.05) is 31.5 Å². The third kappa shape index (κ3) is 3.44. The van der Waals surface area contributed by atoms with Gasteiger partial charge in [0.15, 0.2) is 0 Å². The van der Waals surface area contributed by atoms with Gasteiger partial charge in [-0.05, 0) is 32.2 Å². The second kappa shape index (κ2) is 6.02. The molecule has 0 saturated carbocycles. The number of sulfonamides is 1. The highest BCUT2D eigenvalue weighted by Crippen LogP contribution is 2.30. The molecule has 0 bridgehead atoms. The van der Waals surface area contributed by atoms with Gasteiger partial charge in [-0.1, -0.05) is 0 Å². The molecule has 1 aromatic rings. The van der Waals surface area contributed by atoms with Crippen molar-refractivity contribution in [2.24, 2.45) is 0 Å². The summed E-state index contributed by atoms with van der Waals surface area (Å²) in [5.74, 6) is 1.89. The molecule has 21 heavy (non-hydrogen) atoms. The van der Waals surface area contributed by atoms with Crippen molar-refractivity contribution in [3.8, 4) is 0 Å². The zero-order valence-corrected chi connectivity index (χ0v) is 13.1. The van der Waals surface area contributed by atoms with Gasteiger partial charge < -0.3 is 9.73 Å². The Labute approximate surface area is 125 Å². The highest BCUT2D eigenvalue weighted by Gasteiger charge is 2.30. The molecule has 0 unspecified atom stereocenters. The van der Waals surface area contributed by atoms with Crippen molar-refractivity contribution in [3.05, 3.63) is 11.8 Å². The quantitative estimate of drug-likeness (QED) is 0.882. The first kappa shape index (κ1) is 14.9. The summed E-state index contributed by atoms with van der Waals surface area (Å²) in [5, 5.41) is 11.7. The van der Waals surface area contributed by atoms with Crippen molar-refractivity contribution in [3.63, 3.8) is 0 Å². The first-order valence-electron chi connectivity index (χ1n) is 7.53. The van der Waals surface area contributed by atoms with Gasteiger partial charge in [-0.25, -0.2) is 12.7 Å². The maximum Gasteiger partial charge on any atom is 0.220 e. The molecule has 1 N–H and O–H groups in total. The Hall–Kier alpha value is -0.990. The van der Waals surface area contributed by atoms with Crippen LogP contribution in [0.1, 0.15) is 49.3 Å². The molecule has 3 heterocycles. The van der Waals surface area contributed by atoms with Crippen molar-refractivity contribution in [2.75, 3.05) is 32.4 Å². The Kier molecular flexibility index (Phi) is 4.28. The van der Waals surface area contributed by atoms with E-state index in [-0.39, 0.29) is 5.92 Å². The number of aromatic nitrogens is 2. The van der Waals surface area contributed by atoms with Crippen LogP contribution in [-0.4, -0.2) is 55.4 Å². The van der Waals surface area contributed by atoms with E-state index in [1.165, 1.54) is 10.6 Å². The van der Waals surface area contributed by atoms with E-state index in [1.807, 2.05) is 0 Å². The van der Waals surface area contributed by atoms with Gasteiger partial charge in [0.2, 0.25) is 21.8 Å². The van der Waals surface area contributed by atoms with E-state index >= 15 is 0 Å². The van der Waals surface area contributed by atoms with Crippen LogP contribution in [0.15, 0.2) is 4.42 Å². The Morgan fingerprint density at radius 1 is 1.14 bits per heavy atom. The number of rotatable bonds is 3. The molecule has 3 rings (SSSR count). The Bertz CT molecular complexity index is 572. The Morgan fingerprint density at radius 2 is 1.81 bits per heavy atom. The van der Waals surface area contributed by atoms with Crippen LogP contribution < -0.4 is 5.32 Å². The lowest BCUT2D eigenvalue weighted by Crippen LogP contribution is -2.37. The van der Waals surface area contributed by atoms with Gasteiger partial charge in [-0.15, -0.1) is 10.2 Å². The predicted molar refractivity (Wildman–Crippen MR) is 77.5 cm³/mol. The van der Waals surface area contributed by atoms with Gasteiger partial charge >= 0.3 is 0 Å². The molecule has 0 amide bonds. The number of piperidine rings is 2. The molecule has 0 spiro atoms. The Balaban J connectivity index is 1.62. The molecule has 0 aromatic carbocycles. The van der Waals surface area contributed by atoms with Crippen molar-refractivity contribution in [1.29, 1.82) is 0 Å². The smallest absolute Gasteiger partial charge is 0.220 e. The molecular weight excluding hydrogens is 292 g/mol. The molecule has 1 aromatic heterocycles. The summed E-state index contributed by atoms with van der Waals surface area (Å²) in [6.07, 6.45) is 4.97. The molecule has 2 fully saturated rings. The first-order chi connectivity index (χ1) is 10.0. The zero-order chi connectivity index (χ0) is 14.9. The first-order valence-corrected chi connectivity index (χ1v) is 9.38. The van der Waals surface area contributed by atoms with Gasteiger partial charge in [-0.2, -0.15) is 0 Å². The molecule has 2 saturated heterocycles. The number of hydrogen-bond acceptors (Lipinski definition) is 6. The minimum Gasteiger partial charge on any atom is -0.425 e. The third-order valence-electron chi connectivity index (χ3n) is 4.37. The van der Waals surface area contributed by atoms with Gasteiger partial charge in [0.05, 0.1) is 6.26 Å². The summed E-state index contributed by atoms with van der Waals surface area (Å²) >= 11 is 0. The minimum atomic E-state index is -3.08. The van der Waals surface area contributed by atoms with E-state index in [2.05, 4.69) is 15.5 Å². The van der Waals surface area contributed by atoms with Crippen LogP contribution >= 0.6 is 0 Å². The summed E-state index contributed by atoms with van der Waals surface area (Å²) in [7, 11) is -3.08. The maximum absolute atomic E-state index is 11.5. The summed E-state index contributed by atoms with van der Waals surface area (Å²) in [6, 6.07) is 0. The fourth-order valence-electron chi connectivity index (χ4n) is 3.07. The molecule has 0 radical (unpaired) electrons. The number of nitrogens with one attached hydrogen (secondary N) is 1. The molecule has 8 heteroatoms. The molecule has 0 aliphatic carbocycles. The molecule has 7 nitrogen and oxygen atoms in total. The standard InChI is InChI=1S/C13H22N4O3S/c1-21(18,19)17-7-4-10(5-8-17)12-15-16-13(20-12)11-3-2-6-14-9-11/h10-11,14H,2-9H2,1H3/t11-/m1/s1. The van der Waals surface area contributed by atoms with E-state index in [4.69, 9.17) is 4.42 Å². The van der Waals surface area contributed by atoms with Crippen molar-refractivity contribution in [2.45, 2.75) is 37.5 Å². The van der Waals surface area contributed by atoms with Gasteiger partial charge in [0.25, 0.3) is 0 Å².